The number of benzene rings is 2. The molecule has 2 aromatic carbocycles. The Hall–Kier alpha value is -2.75. The third-order valence-electron chi connectivity index (χ3n) is 5.65. The van der Waals surface area contributed by atoms with Crippen molar-refractivity contribution >= 4 is 30.9 Å². The molecule has 3 N–H and O–H groups in total. The maximum Gasteiger partial charge on any atom is 0.318 e. The van der Waals surface area contributed by atoms with Gasteiger partial charge >= 0.3 is 6.03 Å². The summed E-state index contributed by atoms with van der Waals surface area (Å²) in [5.74, 6) is -0.828. The summed E-state index contributed by atoms with van der Waals surface area (Å²) in [5.41, 5.74) is 1.84. The molecular weight excluding hydrogens is 441 g/mol. The van der Waals surface area contributed by atoms with E-state index in [4.69, 9.17) is 4.74 Å². The van der Waals surface area contributed by atoms with E-state index in [2.05, 4.69) is 30.3 Å². The number of β-amino-alcohol motifs (C(OH)–C–C–N with tert-alkyl or cyclic N) is 1. The van der Waals surface area contributed by atoms with Crippen molar-refractivity contribution in [3.63, 3.8) is 0 Å². The first kappa shape index (κ1) is 24.9. The molecule has 0 saturated carbocycles. The molecule has 0 aliphatic carbocycles. The molecule has 0 bridgehead atoms. The van der Waals surface area contributed by atoms with Gasteiger partial charge < -0.3 is 25.4 Å². The quantitative estimate of drug-likeness (QED) is 0.539. The molecule has 2 atom stereocenters. The van der Waals surface area contributed by atoms with Crippen molar-refractivity contribution < 1.29 is 23.8 Å². The highest BCUT2D eigenvalue weighted by Gasteiger charge is 2.30. The fraction of sp³-hybridized carbons (Fsp3) is 0.417. The topological polar surface area (TPSA) is 90.9 Å². The second-order valence-electron chi connectivity index (χ2n) is 9.38. The van der Waals surface area contributed by atoms with Crippen LogP contribution in [-0.2, 0) is 16.1 Å². The summed E-state index contributed by atoms with van der Waals surface area (Å²) >= 11 is 0. The molecule has 1 fully saturated rings. The minimum absolute atomic E-state index is 0.219. The molecule has 3 rings (SSSR count). The van der Waals surface area contributed by atoms with Crippen molar-refractivity contribution in [3.8, 4) is 0 Å². The number of nitrogens with zero attached hydrogens (tertiary/aromatic N) is 1. The van der Waals surface area contributed by atoms with Crippen LogP contribution >= 0.6 is 0 Å². The standard InChI is InChI=1S/C24H32FN3O4Si/c1-32-15-16-5-7-17(8-6-16)22(27-24(31)28-12-11-19(29)14-28)23(30)26-18-9-10-21(20(25)13-18)33(2,3)4/h5-10,13,19,22,29H,11-12,14-15H2,1-4H3,(H,26,30)(H,27,31). The Morgan fingerprint density at radius 2 is 1.91 bits per heavy atom. The lowest BCUT2D eigenvalue weighted by Gasteiger charge is -2.24. The second kappa shape index (κ2) is 10.5. The van der Waals surface area contributed by atoms with Gasteiger partial charge in [0.15, 0.2) is 0 Å². The van der Waals surface area contributed by atoms with Crippen LogP contribution in [0.1, 0.15) is 23.6 Å². The lowest BCUT2D eigenvalue weighted by Crippen LogP contribution is -2.44. The van der Waals surface area contributed by atoms with Crippen molar-refractivity contribution in [2.75, 3.05) is 25.5 Å². The number of hydrogen-bond acceptors (Lipinski definition) is 4. The molecule has 1 heterocycles. The third kappa shape index (κ3) is 6.40. The molecule has 7 nitrogen and oxygen atoms in total. The molecular formula is C24H32FN3O4Si. The van der Waals surface area contributed by atoms with Crippen LogP contribution in [0.25, 0.3) is 0 Å². The van der Waals surface area contributed by atoms with Crippen LogP contribution in [-0.4, -0.2) is 56.3 Å². The molecule has 33 heavy (non-hydrogen) atoms. The predicted molar refractivity (Wildman–Crippen MR) is 129 cm³/mol. The maximum atomic E-state index is 14.7. The number of carbonyl (C=O) groups excluding carboxylic acids is 2. The number of halogens is 1. The first-order valence-corrected chi connectivity index (χ1v) is 14.5. The first-order chi connectivity index (χ1) is 15.6. The van der Waals surface area contributed by atoms with Crippen LogP contribution in [0.5, 0.6) is 0 Å². The summed E-state index contributed by atoms with van der Waals surface area (Å²) in [7, 11) is -0.252. The summed E-state index contributed by atoms with van der Waals surface area (Å²) in [4.78, 5) is 27.4. The van der Waals surface area contributed by atoms with Crippen LogP contribution in [0.2, 0.25) is 19.6 Å². The summed E-state index contributed by atoms with van der Waals surface area (Å²) in [6.07, 6.45) is -0.0668. The van der Waals surface area contributed by atoms with Crippen molar-refractivity contribution in [3.05, 3.63) is 59.4 Å². The van der Waals surface area contributed by atoms with Crippen molar-refractivity contribution in [2.45, 2.75) is 44.8 Å². The van der Waals surface area contributed by atoms with E-state index in [1.54, 1.807) is 31.4 Å². The SMILES string of the molecule is COCc1ccc(C(NC(=O)N2CCC(O)C2)C(=O)Nc2ccc([Si](C)(C)C)c(F)c2)cc1. The van der Waals surface area contributed by atoms with Gasteiger partial charge in [0.1, 0.15) is 11.9 Å². The largest absolute Gasteiger partial charge is 0.391 e. The lowest BCUT2D eigenvalue weighted by molar-refractivity contribution is -0.118. The molecule has 1 aliphatic heterocycles. The van der Waals surface area contributed by atoms with E-state index in [1.807, 2.05) is 12.1 Å². The van der Waals surface area contributed by atoms with Gasteiger partial charge in [0.05, 0.1) is 20.8 Å². The number of rotatable bonds is 7. The highest BCUT2D eigenvalue weighted by molar-refractivity contribution is 6.88. The molecule has 178 valence electrons. The van der Waals surface area contributed by atoms with Crippen LogP contribution in [0, 0.1) is 5.82 Å². The molecule has 3 amide bonds. The van der Waals surface area contributed by atoms with E-state index in [9.17, 15) is 19.1 Å². The number of likely N-dealkylation sites (tertiary alicyclic amines) is 1. The molecule has 9 heteroatoms. The van der Waals surface area contributed by atoms with E-state index in [0.717, 1.165) is 5.56 Å². The number of aliphatic hydroxyl groups is 1. The Labute approximate surface area is 194 Å². The minimum atomic E-state index is -1.85. The number of hydrogen-bond donors (Lipinski definition) is 3. The molecule has 2 aromatic rings. The zero-order valence-corrected chi connectivity index (χ0v) is 20.5. The molecule has 2 unspecified atom stereocenters. The molecule has 0 radical (unpaired) electrons. The van der Waals surface area contributed by atoms with Crippen LogP contribution in [0.15, 0.2) is 42.5 Å². The van der Waals surface area contributed by atoms with Crippen LogP contribution < -0.4 is 15.8 Å². The van der Waals surface area contributed by atoms with E-state index >= 15 is 0 Å². The van der Waals surface area contributed by atoms with Gasteiger partial charge in [0, 0.05) is 25.9 Å². The Kier molecular flexibility index (Phi) is 7.88. The average molecular weight is 474 g/mol. The Morgan fingerprint density at radius 3 is 2.45 bits per heavy atom. The summed E-state index contributed by atoms with van der Waals surface area (Å²) < 4.78 is 19.8. The molecule has 1 saturated heterocycles. The fourth-order valence-corrected chi connectivity index (χ4v) is 5.20. The fourth-order valence-electron chi connectivity index (χ4n) is 3.83. The number of urea groups is 1. The summed E-state index contributed by atoms with van der Waals surface area (Å²) in [6.45, 7) is 7.22. The van der Waals surface area contributed by atoms with Gasteiger partial charge in [0.25, 0.3) is 5.91 Å². The Morgan fingerprint density at radius 1 is 1.21 bits per heavy atom. The van der Waals surface area contributed by atoms with E-state index in [-0.39, 0.29) is 12.4 Å². The number of aliphatic hydroxyl groups excluding tert-OH is 1. The highest BCUT2D eigenvalue weighted by Crippen LogP contribution is 2.20. The van der Waals surface area contributed by atoms with Crippen LogP contribution in [0.4, 0.5) is 14.9 Å². The lowest BCUT2D eigenvalue weighted by atomic mass is 10.0. The van der Waals surface area contributed by atoms with Crippen molar-refractivity contribution in [2.24, 2.45) is 0 Å². The number of carbonyl (C=O) groups is 2. The zero-order chi connectivity index (χ0) is 24.2. The third-order valence-corrected chi connectivity index (χ3v) is 7.67. The normalized spacial score (nSPS) is 17.0. The van der Waals surface area contributed by atoms with Gasteiger partial charge in [-0.2, -0.15) is 0 Å². The number of amides is 3. The van der Waals surface area contributed by atoms with E-state index in [1.165, 1.54) is 11.0 Å². The van der Waals surface area contributed by atoms with Gasteiger partial charge in [0.2, 0.25) is 0 Å². The zero-order valence-electron chi connectivity index (χ0n) is 19.5. The monoisotopic (exact) mass is 473 g/mol. The number of anilines is 1. The number of nitrogens with one attached hydrogen (secondary N) is 2. The van der Waals surface area contributed by atoms with Crippen molar-refractivity contribution in [1.82, 2.24) is 10.2 Å². The maximum absolute atomic E-state index is 14.7. The Bertz CT molecular complexity index is 994. The number of methoxy groups -OCH3 is 1. The van der Waals surface area contributed by atoms with E-state index in [0.29, 0.717) is 36.0 Å². The average Bonchev–Trinajstić information content (AvgIpc) is 3.18. The van der Waals surface area contributed by atoms with Gasteiger partial charge in [-0.05, 0) is 34.9 Å². The van der Waals surface area contributed by atoms with Gasteiger partial charge in [-0.15, -0.1) is 0 Å². The minimum Gasteiger partial charge on any atom is -0.391 e. The smallest absolute Gasteiger partial charge is 0.318 e. The first-order valence-electron chi connectivity index (χ1n) is 11.0. The Balaban J connectivity index is 1.82. The van der Waals surface area contributed by atoms with E-state index < -0.39 is 32.2 Å². The van der Waals surface area contributed by atoms with Crippen LogP contribution in [0.3, 0.4) is 0 Å². The highest BCUT2D eigenvalue weighted by atomic mass is 28.3. The second-order valence-corrected chi connectivity index (χ2v) is 14.4. The molecule has 0 spiro atoms. The number of ether oxygens (including phenoxy) is 1. The summed E-state index contributed by atoms with van der Waals surface area (Å²) in [6, 6.07) is 10.5. The predicted octanol–water partition coefficient (Wildman–Crippen LogP) is 2.97. The molecule has 0 aromatic heterocycles. The summed E-state index contributed by atoms with van der Waals surface area (Å²) in [5, 5.41) is 15.9. The van der Waals surface area contributed by atoms with Crippen molar-refractivity contribution in [1.29, 1.82) is 0 Å². The van der Waals surface area contributed by atoms with Gasteiger partial charge in [-0.1, -0.05) is 50.0 Å². The molecule has 1 aliphatic rings. The van der Waals surface area contributed by atoms with Gasteiger partial charge in [-0.3, -0.25) is 4.79 Å². The van der Waals surface area contributed by atoms with Gasteiger partial charge in [-0.25, -0.2) is 9.18 Å².